The smallest absolute Gasteiger partial charge is 0.338 e. The van der Waals surface area contributed by atoms with Crippen molar-refractivity contribution in [3.05, 3.63) is 64.7 Å². The standard InChI is InChI=1S/C16H13F2NO3/c1-9-8-10(17)6-7-11(9)15(20)19(2)13-5-3-4-12(14(13)18)16(21)22/h3-8H,1-2H3,(H,21,22). The fourth-order valence-corrected chi connectivity index (χ4v) is 2.10. The molecular formula is C16H13F2NO3. The number of aryl methyl sites for hydroxylation is 1. The Balaban J connectivity index is 2.43. The second-order valence-corrected chi connectivity index (χ2v) is 4.77. The van der Waals surface area contributed by atoms with Gasteiger partial charge in [-0.25, -0.2) is 13.6 Å². The van der Waals surface area contributed by atoms with Crippen LogP contribution in [0, 0.1) is 18.6 Å². The lowest BCUT2D eigenvalue weighted by Crippen LogP contribution is -2.28. The van der Waals surface area contributed by atoms with Crippen molar-refractivity contribution in [2.24, 2.45) is 0 Å². The highest BCUT2D eigenvalue weighted by atomic mass is 19.1. The van der Waals surface area contributed by atoms with E-state index in [1.165, 1.54) is 31.3 Å². The molecule has 0 aromatic heterocycles. The maximum Gasteiger partial charge on any atom is 0.338 e. The molecule has 0 saturated heterocycles. The van der Waals surface area contributed by atoms with E-state index in [0.717, 1.165) is 17.0 Å². The molecule has 0 atom stereocenters. The largest absolute Gasteiger partial charge is 0.478 e. The van der Waals surface area contributed by atoms with Crippen LogP contribution >= 0.6 is 0 Å². The van der Waals surface area contributed by atoms with E-state index in [9.17, 15) is 18.4 Å². The van der Waals surface area contributed by atoms with E-state index < -0.39 is 29.1 Å². The average molecular weight is 305 g/mol. The van der Waals surface area contributed by atoms with Crippen LogP contribution < -0.4 is 4.90 Å². The fourth-order valence-electron chi connectivity index (χ4n) is 2.10. The molecule has 2 rings (SSSR count). The molecule has 114 valence electrons. The van der Waals surface area contributed by atoms with Gasteiger partial charge in [-0.1, -0.05) is 6.07 Å². The number of anilines is 1. The van der Waals surface area contributed by atoms with Gasteiger partial charge >= 0.3 is 5.97 Å². The topological polar surface area (TPSA) is 57.6 Å². The Morgan fingerprint density at radius 3 is 2.36 bits per heavy atom. The molecule has 1 amide bonds. The van der Waals surface area contributed by atoms with E-state index >= 15 is 0 Å². The van der Waals surface area contributed by atoms with Crippen molar-refractivity contribution in [2.45, 2.75) is 6.92 Å². The third-order valence-electron chi connectivity index (χ3n) is 3.29. The summed E-state index contributed by atoms with van der Waals surface area (Å²) in [6.07, 6.45) is 0. The van der Waals surface area contributed by atoms with E-state index in [4.69, 9.17) is 5.11 Å². The highest BCUT2D eigenvalue weighted by Gasteiger charge is 2.22. The Morgan fingerprint density at radius 1 is 1.09 bits per heavy atom. The van der Waals surface area contributed by atoms with E-state index in [2.05, 4.69) is 0 Å². The molecule has 4 nitrogen and oxygen atoms in total. The monoisotopic (exact) mass is 305 g/mol. The van der Waals surface area contributed by atoms with Crippen LogP contribution in [-0.4, -0.2) is 24.0 Å². The quantitative estimate of drug-likeness (QED) is 0.947. The van der Waals surface area contributed by atoms with Crippen molar-refractivity contribution in [1.29, 1.82) is 0 Å². The van der Waals surface area contributed by atoms with Crippen LogP contribution in [0.2, 0.25) is 0 Å². The van der Waals surface area contributed by atoms with E-state index in [1.807, 2.05) is 0 Å². The molecule has 0 aliphatic heterocycles. The molecule has 22 heavy (non-hydrogen) atoms. The number of rotatable bonds is 3. The van der Waals surface area contributed by atoms with Crippen LogP contribution in [-0.2, 0) is 0 Å². The predicted octanol–water partition coefficient (Wildman–Crippen LogP) is 3.25. The summed E-state index contributed by atoms with van der Waals surface area (Å²) in [6, 6.07) is 7.41. The predicted molar refractivity (Wildman–Crippen MR) is 77.2 cm³/mol. The van der Waals surface area contributed by atoms with Gasteiger partial charge < -0.3 is 10.0 Å². The van der Waals surface area contributed by atoms with Gasteiger partial charge in [0.05, 0.1) is 11.3 Å². The van der Waals surface area contributed by atoms with Crippen molar-refractivity contribution in [3.8, 4) is 0 Å². The lowest BCUT2D eigenvalue weighted by molar-refractivity contribution is 0.0691. The Bertz CT molecular complexity index is 759. The minimum atomic E-state index is -1.42. The Labute approximate surface area is 125 Å². The molecule has 2 aromatic rings. The zero-order valence-electron chi connectivity index (χ0n) is 11.9. The minimum absolute atomic E-state index is 0.159. The number of halogens is 2. The first kappa shape index (κ1) is 15.6. The molecule has 6 heteroatoms. The van der Waals surface area contributed by atoms with Crippen molar-refractivity contribution in [3.63, 3.8) is 0 Å². The number of carboxylic acid groups (broad SMARTS) is 1. The molecule has 0 aliphatic carbocycles. The highest BCUT2D eigenvalue weighted by Crippen LogP contribution is 2.24. The molecule has 0 radical (unpaired) electrons. The molecule has 0 bridgehead atoms. The average Bonchev–Trinajstić information content (AvgIpc) is 2.46. The number of carboxylic acids is 1. The van der Waals surface area contributed by atoms with Crippen LogP contribution in [0.3, 0.4) is 0 Å². The number of benzene rings is 2. The second kappa shape index (κ2) is 5.93. The van der Waals surface area contributed by atoms with Gasteiger partial charge in [0.15, 0.2) is 5.82 Å². The zero-order chi connectivity index (χ0) is 16.4. The third-order valence-corrected chi connectivity index (χ3v) is 3.29. The summed E-state index contributed by atoms with van der Waals surface area (Å²) in [5.74, 6) is -3.45. The Morgan fingerprint density at radius 2 is 1.77 bits per heavy atom. The number of hydrogen-bond donors (Lipinski definition) is 1. The summed E-state index contributed by atoms with van der Waals surface area (Å²) in [7, 11) is 1.33. The molecule has 0 fully saturated rings. The Hall–Kier alpha value is -2.76. The molecule has 0 aliphatic rings. The van der Waals surface area contributed by atoms with Gasteiger partial charge in [0.25, 0.3) is 5.91 Å². The van der Waals surface area contributed by atoms with Crippen molar-refractivity contribution >= 4 is 17.6 Å². The highest BCUT2D eigenvalue weighted by molar-refractivity contribution is 6.07. The van der Waals surface area contributed by atoms with Crippen LogP contribution in [0.5, 0.6) is 0 Å². The van der Waals surface area contributed by atoms with Gasteiger partial charge in [-0.2, -0.15) is 0 Å². The van der Waals surface area contributed by atoms with Crippen molar-refractivity contribution in [2.75, 3.05) is 11.9 Å². The summed E-state index contributed by atoms with van der Waals surface area (Å²) < 4.78 is 27.3. The zero-order valence-corrected chi connectivity index (χ0v) is 11.9. The van der Waals surface area contributed by atoms with Crippen LogP contribution in [0.4, 0.5) is 14.5 Å². The molecule has 0 spiro atoms. The van der Waals surface area contributed by atoms with Gasteiger partial charge in [-0.05, 0) is 42.8 Å². The summed E-state index contributed by atoms with van der Waals surface area (Å²) in [6.45, 7) is 1.56. The Kier molecular flexibility index (Phi) is 4.21. The first-order valence-corrected chi connectivity index (χ1v) is 6.39. The SMILES string of the molecule is Cc1cc(F)ccc1C(=O)N(C)c1cccc(C(=O)O)c1F. The number of nitrogens with zero attached hydrogens (tertiary/aromatic N) is 1. The lowest BCUT2D eigenvalue weighted by Gasteiger charge is -2.19. The first-order valence-electron chi connectivity index (χ1n) is 6.39. The molecule has 1 N–H and O–H groups in total. The van der Waals surface area contributed by atoms with Gasteiger partial charge in [0.2, 0.25) is 0 Å². The normalized spacial score (nSPS) is 10.4. The molecule has 0 heterocycles. The van der Waals surface area contributed by atoms with Crippen molar-refractivity contribution in [1.82, 2.24) is 0 Å². The van der Waals surface area contributed by atoms with Gasteiger partial charge in [-0.15, -0.1) is 0 Å². The fraction of sp³-hybridized carbons (Fsp3) is 0.125. The summed E-state index contributed by atoms with van der Waals surface area (Å²) in [5, 5.41) is 8.92. The number of hydrogen-bond acceptors (Lipinski definition) is 2. The van der Waals surface area contributed by atoms with Crippen LogP contribution in [0.25, 0.3) is 0 Å². The number of amides is 1. The molecular weight excluding hydrogens is 292 g/mol. The number of carbonyl (C=O) groups is 2. The summed E-state index contributed by atoms with van der Waals surface area (Å²) in [5.41, 5.74) is -0.0581. The van der Waals surface area contributed by atoms with Crippen LogP contribution in [0.1, 0.15) is 26.3 Å². The van der Waals surface area contributed by atoms with E-state index in [-0.39, 0.29) is 11.3 Å². The van der Waals surface area contributed by atoms with Crippen molar-refractivity contribution < 1.29 is 23.5 Å². The minimum Gasteiger partial charge on any atom is -0.478 e. The lowest BCUT2D eigenvalue weighted by atomic mass is 10.1. The van der Waals surface area contributed by atoms with Gasteiger partial charge in [-0.3, -0.25) is 4.79 Å². The molecule has 2 aromatic carbocycles. The van der Waals surface area contributed by atoms with Gasteiger partial charge in [0, 0.05) is 12.6 Å². The maximum atomic E-state index is 14.2. The third kappa shape index (κ3) is 2.81. The second-order valence-electron chi connectivity index (χ2n) is 4.77. The molecule has 0 saturated carbocycles. The van der Waals surface area contributed by atoms with E-state index in [0.29, 0.717) is 5.56 Å². The number of aromatic carboxylic acids is 1. The maximum absolute atomic E-state index is 14.2. The number of carbonyl (C=O) groups excluding carboxylic acids is 1. The summed E-state index contributed by atoms with van der Waals surface area (Å²) >= 11 is 0. The molecule has 0 unspecified atom stereocenters. The van der Waals surface area contributed by atoms with Crippen LogP contribution in [0.15, 0.2) is 36.4 Å². The van der Waals surface area contributed by atoms with E-state index in [1.54, 1.807) is 6.92 Å². The summed E-state index contributed by atoms with van der Waals surface area (Å²) in [4.78, 5) is 24.3. The van der Waals surface area contributed by atoms with Gasteiger partial charge in [0.1, 0.15) is 5.82 Å². The first-order chi connectivity index (χ1) is 10.3.